The molecular formula is C16H14N2O4S. The summed E-state index contributed by atoms with van der Waals surface area (Å²) in [5, 5.41) is 8.77. The topological polar surface area (TPSA) is 88.4 Å². The molecule has 0 aliphatic carbocycles. The molecule has 2 aromatic carbocycles. The number of sulfonamides is 1. The van der Waals surface area contributed by atoms with Crippen LogP contribution in [0.2, 0.25) is 0 Å². The van der Waals surface area contributed by atoms with Crippen LogP contribution in [0, 0.1) is 18.3 Å². The minimum absolute atomic E-state index is 0.131. The van der Waals surface area contributed by atoms with Gasteiger partial charge in [0.2, 0.25) is 0 Å². The molecule has 3 rings (SSSR count). The summed E-state index contributed by atoms with van der Waals surface area (Å²) in [4.78, 5) is 0.131. The van der Waals surface area contributed by atoms with Crippen LogP contribution in [0.5, 0.6) is 11.5 Å². The Balaban J connectivity index is 1.94. The van der Waals surface area contributed by atoms with E-state index in [0.717, 1.165) is 0 Å². The Hall–Kier alpha value is -2.72. The number of rotatable bonds is 3. The number of hydrogen-bond acceptors (Lipinski definition) is 5. The third kappa shape index (κ3) is 3.07. The quantitative estimate of drug-likeness (QED) is 0.934. The number of fused-ring (bicyclic) bond motifs is 1. The van der Waals surface area contributed by atoms with Crippen molar-refractivity contribution in [3.8, 4) is 17.6 Å². The van der Waals surface area contributed by atoms with Gasteiger partial charge in [0.25, 0.3) is 10.0 Å². The lowest BCUT2D eigenvalue weighted by molar-refractivity contribution is 0.171. The first kappa shape index (κ1) is 15.2. The largest absolute Gasteiger partial charge is 0.486 e. The van der Waals surface area contributed by atoms with Crippen LogP contribution in [-0.2, 0) is 10.0 Å². The third-order valence-corrected chi connectivity index (χ3v) is 4.92. The van der Waals surface area contributed by atoms with Crippen molar-refractivity contribution >= 4 is 15.7 Å². The second-order valence-corrected chi connectivity index (χ2v) is 6.71. The Morgan fingerprint density at radius 1 is 1.09 bits per heavy atom. The number of nitrogens with one attached hydrogen (secondary N) is 1. The number of anilines is 1. The molecule has 1 heterocycles. The van der Waals surface area contributed by atoms with Crippen LogP contribution in [0.1, 0.15) is 11.1 Å². The molecule has 1 aliphatic heterocycles. The SMILES string of the molecule is Cc1cc2c(cc1S(=O)(=O)Nc1ccc(C#N)cc1)OCCO2. The van der Waals surface area contributed by atoms with Crippen molar-refractivity contribution in [3.63, 3.8) is 0 Å². The maximum Gasteiger partial charge on any atom is 0.262 e. The maximum absolute atomic E-state index is 12.6. The first-order valence-electron chi connectivity index (χ1n) is 6.93. The van der Waals surface area contributed by atoms with Gasteiger partial charge in [-0.25, -0.2) is 8.42 Å². The molecule has 2 aromatic rings. The average Bonchev–Trinajstić information content (AvgIpc) is 2.54. The molecule has 0 bridgehead atoms. The molecule has 23 heavy (non-hydrogen) atoms. The lowest BCUT2D eigenvalue weighted by Gasteiger charge is -2.20. The van der Waals surface area contributed by atoms with Crippen molar-refractivity contribution in [1.82, 2.24) is 0 Å². The number of benzene rings is 2. The van der Waals surface area contributed by atoms with E-state index in [-0.39, 0.29) is 4.90 Å². The van der Waals surface area contributed by atoms with Crippen LogP contribution in [0.15, 0.2) is 41.3 Å². The van der Waals surface area contributed by atoms with E-state index < -0.39 is 10.0 Å². The first-order valence-corrected chi connectivity index (χ1v) is 8.41. The van der Waals surface area contributed by atoms with Gasteiger partial charge >= 0.3 is 0 Å². The minimum Gasteiger partial charge on any atom is -0.486 e. The maximum atomic E-state index is 12.6. The van der Waals surface area contributed by atoms with Gasteiger partial charge in [0.05, 0.1) is 16.5 Å². The molecule has 0 unspecified atom stereocenters. The summed E-state index contributed by atoms with van der Waals surface area (Å²) in [6.45, 7) is 2.53. The average molecular weight is 330 g/mol. The number of nitriles is 1. The highest BCUT2D eigenvalue weighted by atomic mass is 32.2. The van der Waals surface area contributed by atoms with Gasteiger partial charge in [-0.05, 0) is 42.8 Å². The zero-order valence-electron chi connectivity index (χ0n) is 12.4. The fraction of sp³-hybridized carbons (Fsp3) is 0.188. The van der Waals surface area contributed by atoms with Crippen molar-refractivity contribution in [2.75, 3.05) is 17.9 Å². The van der Waals surface area contributed by atoms with Gasteiger partial charge in [-0.15, -0.1) is 0 Å². The van der Waals surface area contributed by atoms with E-state index in [2.05, 4.69) is 4.72 Å². The van der Waals surface area contributed by atoms with Gasteiger partial charge in [-0.2, -0.15) is 5.26 Å². The molecule has 6 nitrogen and oxygen atoms in total. The second-order valence-electron chi connectivity index (χ2n) is 5.06. The highest BCUT2D eigenvalue weighted by Crippen LogP contribution is 2.35. The monoisotopic (exact) mass is 330 g/mol. The smallest absolute Gasteiger partial charge is 0.262 e. The minimum atomic E-state index is -3.77. The Labute approximate surface area is 134 Å². The number of hydrogen-bond donors (Lipinski definition) is 1. The van der Waals surface area contributed by atoms with Gasteiger partial charge in [0.1, 0.15) is 13.2 Å². The van der Waals surface area contributed by atoms with Gasteiger partial charge in [0.15, 0.2) is 11.5 Å². The Morgan fingerprint density at radius 3 is 2.30 bits per heavy atom. The van der Waals surface area contributed by atoms with Gasteiger partial charge < -0.3 is 9.47 Å². The predicted octanol–water partition coefficient (Wildman–Crippen LogP) is 2.44. The summed E-state index contributed by atoms with van der Waals surface area (Å²) in [5.41, 5.74) is 1.41. The fourth-order valence-electron chi connectivity index (χ4n) is 2.28. The van der Waals surface area contributed by atoms with Gasteiger partial charge in [-0.1, -0.05) is 0 Å². The standard InChI is InChI=1S/C16H14N2O4S/c1-11-8-14-15(22-7-6-21-14)9-16(11)23(19,20)18-13-4-2-12(10-17)3-5-13/h2-5,8-9,18H,6-7H2,1H3. The molecule has 1 N–H and O–H groups in total. The summed E-state index contributed by atoms with van der Waals surface area (Å²) in [5.74, 6) is 0.966. The van der Waals surface area contributed by atoms with Crippen molar-refractivity contribution in [1.29, 1.82) is 5.26 Å². The summed E-state index contributed by atoms with van der Waals surface area (Å²) in [7, 11) is -3.77. The van der Waals surface area contributed by atoms with Crippen LogP contribution < -0.4 is 14.2 Å². The molecule has 0 atom stereocenters. The van der Waals surface area contributed by atoms with E-state index >= 15 is 0 Å². The Kier molecular flexibility index (Phi) is 3.84. The predicted molar refractivity (Wildman–Crippen MR) is 84.1 cm³/mol. The fourth-order valence-corrected chi connectivity index (χ4v) is 3.59. The van der Waals surface area contributed by atoms with E-state index in [0.29, 0.717) is 41.5 Å². The van der Waals surface area contributed by atoms with Crippen molar-refractivity contribution in [2.24, 2.45) is 0 Å². The highest BCUT2D eigenvalue weighted by molar-refractivity contribution is 7.92. The van der Waals surface area contributed by atoms with E-state index in [1.807, 2.05) is 6.07 Å². The lowest BCUT2D eigenvalue weighted by atomic mass is 10.2. The van der Waals surface area contributed by atoms with Crippen LogP contribution in [0.25, 0.3) is 0 Å². The van der Waals surface area contributed by atoms with Crippen LogP contribution in [0.4, 0.5) is 5.69 Å². The summed E-state index contributed by atoms with van der Waals surface area (Å²) in [6, 6.07) is 11.3. The molecule has 7 heteroatoms. The van der Waals surface area contributed by atoms with Gasteiger partial charge in [-0.3, -0.25) is 4.72 Å². The second kappa shape index (κ2) is 5.82. The first-order chi connectivity index (χ1) is 11.0. The Morgan fingerprint density at radius 2 is 1.70 bits per heavy atom. The van der Waals surface area contributed by atoms with Crippen LogP contribution in [0.3, 0.4) is 0 Å². The highest BCUT2D eigenvalue weighted by Gasteiger charge is 2.22. The molecule has 0 fully saturated rings. The Bertz CT molecular complexity index is 884. The number of aryl methyl sites for hydroxylation is 1. The normalized spacial score (nSPS) is 13.2. The molecule has 0 saturated carbocycles. The van der Waals surface area contributed by atoms with E-state index in [1.54, 1.807) is 37.3 Å². The van der Waals surface area contributed by atoms with Crippen LogP contribution >= 0.6 is 0 Å². The van der Waals surface area contributed by atoms with E-state index in [9.17, 15) is 8.42 Å². The van der Waals surface area contributed by atoms with Crippen molar-refractivity contribution in [3.05, 3.63) is 47.5 Å². The zero-order valence-corrected chi connectivity index (χ0v) is 13.2. The summed E-state index contributed by atoms with van der Waals surface area (Å²) >= 11 is 0. The zero-order chi connectivity index (χ0) is 16.4. The van der Waals surface area contributed by atoms with Crippen molar-refractivity contribution < 1.29 is 17.9 Å². The summed E-state index contributed by atoms with van der Waals surface area (Å²) in [6.07, 6.45) is 0. The third-order valence-electron chi connectivity index (χ3n) is 3.40. The van der Waals surface area contributed by atoms with Gasteiger partial charge in [0, 0.05) is 11.8 Å². The number of ether oxygens (including phenoxy) is 2. The number of nitrogens with zero attached hydrogens (tertiary/aromatic N) is 1. The van der Waals surface area contributed by atoms with Crippen LogP contribution in [-0.4, -0.2) is 21.6 Å². The molecule has 0 spiro atoms. The molecule has 1 aliphatic rings. The molecule has 0 aromatic heterocycles. The molecular weight excluding hydrogens is 316 g/mol. The van der Waals surface area contributed by atoms with E-state index in [4.69, 9.17) is 14.7 Å². The lowest BCUT2D eigenvalue weighted by Crippen LogP contribution is -2.18. The van der Waals surface area contributed by atoms with Crippen molar-refractivity contribution in [2.45, 2.75) is 11.8 Å². The summed E-state index contributed by atoms with van der Waals surface area (Å²) < 4.78 is 38.6. The molecule has 118 valence electrons. The van der Waals surface area contributed by atoms with E-state index in [1.165, 1.54) is 6.07 Å². The molecule has 0 radical (unpaired) electrons. The molecule has 0 saturated heterocycles. The molecule has 0 amide bonds.